The normalized spacial score (nSPS) is 25.6. The summed E-state index contributed by atoms with van der Waals surface area (Å²) in [7, 11) is 0. The summed E-state index contributed by atoms with van der Waals surface area (Å²) in [6.07, 6.45) is 5.59. The minimum Gasteiger partial charge on any atom is -0.480 e. The number of urea groups is 1. The van der Waals surface area contributed by atoms with Gasteiger partial charge in [0.15, 0.2) is 0 Å². The second kappa shape index (κ2) is 8.12. The number of carboxylic acid groups (broad SMARTS) is 1. The number of carboxylic acids is 1. The van der Waals surface area contributed by atoms with Gasteiger partial charge in [0.25, 0.3) is 0 Å². The molecule has 116 valence electrons. The molecule has 0 heterocycles. The van der Waals surface area contributed by atoms with Gasteiger partial charge in [0.2, 0.25) is 0 Å². The average Bonchev–Trinajstić information content (AvgIpc) is 2.42. The van der Waals surface area contributed by atoms with Crippen molar-refractivity contribution in [1.82, 2.24) is 10.6 Å². The van der Waals surface area contributed by atoms with Crippen LogP contribution in [0.2, 0.25) is 0 Å². The maximum atomic E-state index is 11.8. The molecular weight excluding hydrogens is 256 g/mol. The fraction of sp³-hybridized carbons (Fsp3) is 0.867. The van der Waals surface area contributed by atoms with Gasteiger partial charge >= 0.3 is 12.0 Å². The number of nitrogens with one attached hydrogen (secondary N) is 2. The van der Waals surface area contributed by atoms with Gasteiger partial charge in [0.1, 0.15) is 6.04 Å². The maximum Gasteiger partial charge on any atom is 0.326 e. The van der Waals surface area contributed by atoms with Crippen LogP contribution >= 0.6 is 0 Å². The van der Waals surface area contributed by atoms with Crippen LogP contribution in [0.5, 0.6) is 0 Å². The second-order valence-electron chi connectivity index (χ2n) is 6.08. The molecule has 3 unspecified atom stereocenters. The Hall–Kier alpha value is -1.26. The van der Waals surface area contributed by atoms with Crippen LogP contribution in [0, 0.1) is 17.8 Å². The molecule has 0 aromatic heterocycles. The van der Waals surface area contributed by atoms with E-state index < -0.39 is 12.0 Å². The van der Waals surface area contributed by atoms with E-state index in [1.54, 1.807) is 0 Å². The standard InChI is InChI=1S/C15H28N2O3/c1-4-10(2)13(14(18)19)17-15(20)16-9-12-8-6-5-7-11(12)3/h10-13H,4-9H2,1-3H3,(H,18,19)(H2,16,17,20)/t10?,11?,12?,13-/m0/s1. The van der Waals surface area contributed by atoms with Crippen molar-refractivity contribution in [2.75, 3.05) is 6.54 Å². The summed E-state index contributed by atoms with van der Waals surface area (Å²) in [6, 6.07) is -1.18. The van der Waals surface area contributed by atoms with Gasteiger partial charge in [-0.15, -0.1) is 0 Å². The molecule has 0 spiro atoms. The van der Waals surface area contributed by atoms with E-state index in [0.29, 0.717) is 18.4 Å². The van der Waals surface area contributed by atoms with E-state index in [1.807, 2.05) is 13.8 Å². The van der Waals surface area contributed by atoms with Crippen molar-refractivity contribution in [3.05, 3.63) is 0 Å². The Morgan fingerprint density at radius 3 is 2.50 bits per heavy atom. The first kappa shape index (κ1) is 16.8. The summed E-state index contributed by atoms with van der Waals surface area (Å²) in [5, 5.41) is 14.5. The molecule has 0 aromatic carbocycles. The van der Waals surface area contributed by atoms with Crippen LogP contribution in [0.25, 0.3) is 0 Å². The molecule has 0 saturated heterocycles. The third kappa shape index (κ3) is 5.02. The third-order valence-corrected chi connectivity index (χ3v) is 4.58. The Morgan fingerprint density at radius 1 is 1.30 bits per heavy atom. The molecule has 1 rings (SSSR count). The fourth-order valence-corrected chi connectivity index (χ4v) is 2.80. The van der Waals surface area contributed by atoms with E-state index >= 15 is 0 Å². The molecule has 0 radical (unpaired) electrons. The second-order valence-corrected chi connectivity index (χ2v) is 6.08. The quantitative estimate of drug-likeness (QED) is 0.701. The third-order valence-electron chi connectivity index (χ3n) is 4.58. The molecule has 2 amide bonds. The smallest absolute Gasteiger partial charge is 0.326 e. The Bertz CT molecular complexity index is 333. The number of amides is 2. The van der Waals surface area contributed by atoms with Gasteiger partial charge in [-0.1, -0.05) is 46.5 Å². The zero-order chi connectivity index (χ0) is 15.1. The van der Waals surface area contributed by atoms with Crippen molar-refractivity contribution < 1.29 is 14.7 Å². The Morgan fingerprint density at radius 2 is 1.95 bits per heavy atom. The molecule has 1 saturated carbocycles. The van der Waals surface area contributed by atoms with E-state index in [-0.39, 0.29) is 11.9 Å². The molecule has 20 heavy (non-hydrogen) atoms. The first-order valence-electron chi connectivity index (χ1n) is 7.72. The minimum absolute atomic E-state index is 0.0770. The molecule has 3 N–H and O–H groups in total. The molecule has 4 atom stereocenters. The lowest BCUT2D eigenvalue weighted by Gasteiger charge is -2.29. The van der Waals surface area contributed by atoms with Gasteiger partial charge < -0.3 is 15.7 Å². The average molecular weight is 284 g/mol. The summed E-state index contributed by atoms with van der Waals surface area (Å²) in [5.41, 5.74) is 0. The molecule has 5 heteroatoms. The highest BCUT2D eigenvalue weighted by Gasteiger charge is 2.26. The number of hydrogen-bond acceptors (Lipinski definition) is 2. The molecule has 0 bridgehead atoms. The van der Waals surface area contributed by atoms with Crippen LogP contribution in [-0.4, -0.2) is 29.7 Å². The summed E-state index contributed by atoms with van der Waals surface area (Å²) >= 11 is 0. The van der Waals surface area contributed by atoms with Crippen LogP contribution in [-0.2, 0) is 4.79 Å². The first-order chi connectivity index (χ1) is 9.45. The lowest BCUT2D eigenvalue weighted by atomic mass is 9.80. The number of rotatable bonds is 6. The van der Waals surface area contributed by atoms with E-state index in [0.717, 1.165) is 12.8 Å². The van der Waals surface area contributed by atoms with Crippen molar-refractivity contribution in [2.24, 2.45) is 17.8 Å². The van der Waals surface area contributed by atoms with Crippen molar-refractivity contribution in [3.63, 3.8) is 0 Å². The minimum atomic E-state index is -0.972. The van der Waals surface area contributed by atoms with Crippen LogP contribution < -0.4 is 10.6 Å². The van der Waals surface area contributed by atoms with E-state index in [9.17, 15) is 9.59 Å². The van der Waals surface area contributed by atoms with E-state index in [4.69, 9.17) is 5.11 Å². The number of hydrogen-bond donors (Lipinski definition) is 3. The Labute approximate surface area is 121 Å². The fourth-order valence-electron chi connectivity index (χ4n) is 2.80. The molecule has 0 aromatic rings. The largest absolute Gasteiger partial charge is 0.480 e. The Kier molecular flexibility index (Phi) is 6.82. The van der Waals surface area contributed by atoms with E-state index in [1.165, 1.54) is 19.3 Å². The highest BCUT2D eigenvalue weighted by molar-refractivity contribution is 5.82. The predicted octanol–water partition coefficient (Wildman–Crippen LogP) is 2.61. The zero-order valence-corrected chi connectivity index (χ0v) is 12.8. The highest BCUT2D eigenvalue weighted by atomic mass is 16.4. The van der Waals surface area contributed by atoms with Crippen LogP contribution in [0.3, 0.4) is 0 Å². The molecule has 0 aliphatic heterocycles. The van der Waals surface area contributed by atoms with Crippen molar-refractivity contribution in [2.45, 2.75) is 58.9 Å². The van der Waals surface area contributed by atoms with Gasteiger partial charge in [-0.05, 0) is 24.2 Å². The highest BCUT2D eigenvalue weighted by Crippen LogP contribution is 2.28. The zero-order valence-electron chi connectivity index (χ0n) is 12.8. The monoisotopic (exact) mass is 284 g/mol. The lowest BCUT2D eigenvalue weighted by Crippen LogP contribution is -2.50. The topological polar surface area (TPSA) is 78.4 Å². The van der Waals surface area contributed by atoms with Gasteiger partial charge in [0.05, 0.1) is 0 Å². The number of carbonyl (C=O) groups excluding carboxylic acids is 1. The van der Waals surface area contributed by atoms with Crippen LogP contribution in [0.15, 0.2) is 0 Å². The number of aliphatic carboxylic acids is 1. The first-order valence-corrected chi connectivity index (χ1v) is 7.72. The molecule has 5 nitrogen and oxygen atoms in total. The van der Waals surface area contributed by atoms with Crippen molar-refractivity contribution in [3.8, 4) is 0 Å². The Balaban J connectivity index is 2.39. The van der Waals surface area contributed by atoms with Crippen LogP contribution in [0.4, 0.5) is 4.79 Å². The SMILES string of the molecule is CCC(C)[C@H](NC(=O)NCC1CCCCC1C)C(=O)O. The van der Waals surface area contributed by atoms with Crippen molar-refractivity contribution >= 4 is 12.0 Å². The van der Waals surface area contributed by atoms with Gasteiger partial charge in [-0.25, -0.2) is 9.59 Å². The molecule has 1 aliphatic rings. The maximum absolute atomic E-state index is 11.8. The predicted molar refractivity (Wildman–Crippen MR) is 78.5 cm³/mol. The molecule has 1 fully saturated rings. The summed E-state index contributed by atoms with van der Waals surface area (Å²) in [4.78, 5) is 23.0. The lowest BCUT2D eigenvalue weighted by molar-refractivity contribution is -0.140. The summed E-state index contributed by atoms with van der Waals surface area (Å²) in [5.74, 6) is 0.0997. The van der Waals surface area contributed by atoms with Crippen molar-refractivity contribution in [1.29, 1.82) is 0 Å². The van der Waals surface area contributed by atoms with Gasteiger partial charge in [-0.2, -0.15) is 0 Å². The number of carbonyl (C=O) groups is 2. The summed E-state index contributed by atoms with van der Waals surface area (Å²) < 4.78 is 0. The van der Waals surface area contributed by atoms with Gasteiger partial charge in [-0.3, -0.25) is 0 Å². The molecular formula is C15H28N2O3. The van der Waals surface area contributed by atoms with E-state index in [2.05, 4.69) is 17.6 Å². The molecule has 1 aliphatic carbocycles. The van der Waals surface area contributed by atoms with Crippen LogP contribution in [0.1, 0.15) is 52.9 Å². The summed E-state index contributed by atoms with van der Waals surface area (Å²) in [6.45, 7) is 6.62. The van der Waals surface area contributed by atoms with Gasteiger partial charge in [0, 0.05) is 6.54 Å².